The molecular formula is C22H29CoN7O5. The van der Waals surface area contributed by atoms with E-state index in [2.05, 4.69) is 35.6 Å². The number of carboxylic acid groups (broad SMARTS) is 2. The van der Waals surface area contributed by atoms with Crippen molar-refractivity contribution >= 4 is 11.9 Å². The van der Waals surface area contributed by atoms with Crippen LogP contribution >= 0.6 is 0 Å². The molecule has 0 saturated carbocycles. The fourth-order valence-electron chi connectivity index (χ4n) is 2.32. The summed E-state index contributed by atoms with van der Waals surface area (Å²) in [5, 5.41) is 40.5. The van der Waals surface area contributed by atoms with E-state index in [1.807, 2.05) is 59.7 Å². The standard InChI is InChI=1S/C7H5NO4.3C5H8N2.Co.H2O/c9-6(10)4-2-1-3-5(8-4)7(11)12;3*1-4-3-5(2)7-6-4;;/h1-3H,(H,9,10)(H,11,12);3*3H,1-2H3,(H,6,7);;1H2/q;;;;+2;/p-2. The van der Waals surface area contributed by atoms with Crippen LogP contribution in [0.25, 0.3) is 0 Å². The monoisotopic (exact) mass is 530 g/mol. The van der Waals surface area contributed by atoms with Gasteiger partial charge in [-0.3, -0.25) is 15.3 Å². The normalized spacial score (nSPS) is 8.86. The molecule has 12 nitrogen and oxygen atoms in total. The van der Waals surface area contributed by atoms with Gasteiger partial charge in [-0.1, -0.05) is 6.07 Å². The molecule has 0 unspecified atom stereocenters. The molecule has 0 aliphatic rings. The topological polar surface area (TPSA) is 211 Å². The molecule has 0 aliphatic carbocycles. The van der Waals surface area contributed by atoms with Crippen LogP contribution in [-0.2, 0) is 16.8 Å². The van der Waals surface area contributed by atoms with Gasteiger partial charge in [-0.05, 0) is 71.9 Å². The van der Waals surface area contributed by atoms with Crippen molar-refractivity contribution in [3.63, 3.8) is 0 Å². The Bertz CT molecular complexity index is 1000. The minimum Gasteiger partial charge on any atom is -0.543 e. The number of carbonyl (C=O) groups is 2. The fourth-order valence-corrected chi connectivity index (χ4v) is 2.32. The van der Waals surface area contributed by atoms with Crippen LogP contribution in [0.2, 0.25) is 0 Å². The molecule has 0 spiro atoms. The van der Waals surface area contributed by atoms with E-state index in [-0.39, 0.29) is 22.3 Å². The number of H-pyrrole nitrogens is 3. The summed E-state index contributed by atoms with van der Waals surface area (Å²) in [5.41, 5.74) is 5.69. The Kier molecular flexibility index (Phi) is 16.0. The molecule has 1 radical (unpaired) electrons. The smallest absolute Gasteiger partial charge is 0.543 e. The number of aromatic nitrogens is 7. The van der Waals surface area contributed by atoms with Crippen molar-refractivity contribution in [2.24, 2.45) is 0 Å². The summed E-state index contributed by atoms with van der Waals surface area (Å²) in [6.07, 6.45) is 0. The number of carboxylic acids is 2. The minimum atomic E-state index is -1.52. The molecule has 0 saturated heterocycles. The molecule has 35 heavy (non-hydrogen) atoms. The quantitative estimate of drug-likeness (QED) is 0.322. The number of hydrogen-bond donors (Lipinski definition) is 3. The van der Waals surface area contributed by atoms with Gasteiger partial charge in [0.1, 0.15) is 0 Å². The molecule has 191 valence electrons. The zero-order valence-corrected chi connectivity index (χ0v) is 21.3. The summed E-state index contributed by atoms with van der Waals surface area (Å²) in [6.45, 7) is 11.8. The molecule has 13 heteroatoms. The van der Waals surface area contributed by atoms with Gasteiger partial charge < -0.3 is 25.3 Å². The molecule has 4 heterocycles. The van der Waals surface area contributed by atoms with Gasteiger partial charge in [-0.25, -0.2) is 4.98 Å². The predicted octanol–water partition coefficient (Wildman–Crippen LogP) is 0.0610. The molecule has 0 aromatic carbocycles. The van der Waals surface area contributed by atoms with Crippen molar-refractivity contribution in [2.75, 3.05) is 0 Å². The fraction of sp³-hybridized carbons (Fsp3) is 0.273. The molecule has 4 aromatic heterocycles. The Morgan fingerprint density at radius 2 is 0.943 bits per heavy atom. The maximum absolute atomic E-state index is 10.2. The Hall–Kier alpha value is -3.81. The number of aromatic amines is 3. The Morgan fingerprint density at radius 1 is 0.657 bits per heavy atom. The Balaban J connectivity index is 0. The number of carbonyl (C=O) groups excluding carboxylic acids is 2. The molecule has 5 N–H and O–H groups in total. The van der Waals surface area contributed by atoms with Crippen LogP contribution < -0.4 is 10.2 Å². The van der Waals surface area contributed by atoms with Gasteiger partial charge >= 0.3 is 16.8 Å². The van der Waals surface area contributed by atoms with Gasteiger partial charge in [0.15, 0.2) is 0 Å². The third-order valence-electron chi connectivity index (χ3n) is 3.67. The van der Waals surface area contributed by atoms with Gasteiger partial charge in [0, 0.05) is 17.1 Å². The molecule has 0 atom stereocenters. The number of nitrogens with zero attached hydrogens (tertiary/aromatic N) is 4. The van der Waals surface area contributed by atoms with Crippen molar-refractivity contribution in [1.29, 1.82) is 0 Å². The molecule has 0 aliphatic heterocycles. The van der Waals surface area contributed by atoms with E-state index < -0.39 is 23.3 Å². The predicted molar refractivity (Wildman–Crippen MR) is 121 cm³/mol. The number of nitrogens with one attached hydrogen (secondary N) is 3. The number of aryl methyl sites for hydroxylation is 6. The number of pyridine rings is 1. The van der Waals surface area contributed by atoms with Crippen LogP contribution in [0.3, 0.4) is 0 Å². The van der Waals surface area contributed by atoms with Crippen molar-refractivity contribution in [3.05, 3.63) is 81.9 Å². The van der Waals surface area contributed by atoms with Gasteiger partial charge in [0.05, 0.1) is 40.4 Å². The molecule has 4 rings (SSSR count). The first-order valence-corrected chi connectivity index (χ1v) is 9.83. The van der Waals surface area contributed by atoms with Crippen molar-refractivity contribution in [1.82, 2.24) is 35.6 Å². The van der Waals surface area contributed by atoms with E-state index in [4.69, 9.17) is 0 Å². The van der Waals surface area contributed by atoms with E-state index in [0.717, 1.165) is 46.3 Å². The van der Waals surface area contributed by atoms with Crippen molar-refractivity contribution < 1.29 is 42.1 Å². The van der Waals surface area contributed by atoms with Crippen molar-refractivity contribution in [2.45, 2.75) is 41.5 Å². The van der Waals surface area contributed by atoms with E-state index in [1.54, 1.807) is 0 Å². The number of aromatic carboxylic acids is 2. The maximum atomic E-state index is 10.2. The van der Waals surface area contributed by atoms with Crippen LogP contribution in [0, 0.1) is 41.5 Å². The van der Waals surface area contributed by atoms with Crippen LogP contribution in [0.15, 0.2) is 36.4 Å². The average Bonchev–Trinajstić information content (AvgIpc) is 3.44. The molecule has 4 aromatic rings. The van der Waals surface area contributed by atoms with E-state index in [1.165, 1.54) is 6.07 Å². The van der Waals surface area contributed by atoms with Gasteiger partial charge in [-0.2, -0.15) is 15.3 Å². The van der Waals surface area contributed by atoms with Gasteiger partial charge in [0.25, 0.3) is 0 Å². The molecule has 0 fully saturated rings. The first kappa shape index (κ1) is 33.4. The third-order valence-corrected chi connectivity index (χ3v) is 3.67. The van der Waals surface area contributed by atoms with Crippen molar-refractivity contribution in [3.8, 4) is 0 Å². The van der Waals surface area contributed by atoms with Gasteiger partial charge in [-0.15, -0.1) is 0 Å². The summed E-state index contributed by atoms with van der Waals surface area (Å²) < 4.78 is 0. The summed E-state index contributed by atoms with van der Waals surface area (Å²) in [7, 11) is 0. The second-order valence-electron chi connectivity index (χ2n) is 7.06. The largest absolute Gasteiger partial charge is 2.00 e. The average molecular weight is 530 g/mol. The minimum absolute atomic E-state index is 0. The molecule has 0 bridgehead atoms. The summed E-state index contributed by atoms with van der Waals surface area (Å²) in [4.78, 5) is 23.6. The summed E-state index contributed by atoms with van der Waals surface area (Å²) >= 11 is 0. The van der Waals surface area contributed by atoms with E-state index >= 15 is 0 Å². The SMILES string of the molecule is Cc1cc(C)[nH]n1.Cc1cc(C)[nH]n1.Cc1cc(C)[nH]n1.O.O=C([O-])c1cccc(C(=O)[O-])n1.[Co+2]. The number of rotatable bonds is 2. The van der Waals surface area contributed by atoms with E-state index in [9.17, 15) is 19.8 Å². The Labute approximate surface area is 213 Å². The van der Waals surface area contributed by atoms with Crippen LogP contribution in [-0.4, -0.2) is 53.0 Å². The second kappa shape index (κ2) is 16.7. The first-order chi connectivity index (χ1) is 15.5. The zero-order chi connectivity index (χ0) is 25.0. The third kappa shape index (κ3) is 14.1. The summed E-state index contributed by atoms with van der Waals surface area (Å²) in [5.74, 6) is -3.03. The zero-order valence-electron chi connectivity index (χ0n) is 20.2. The second-order valence-corrected chi connectivity index (χ2v) is 7.06. The molecular weight excluding hydrogens is 501 g/mol. The summed E-state index contributed by atoms with van der Waals surface area (Å²) in [6, 6.07) is 9.53. The first-order valence-electron chi connectivity index (χ1n) is 9.83. The van der Waals surface area contributed by atoms with Crippen LogP contribution in [0.5, 0.6) is 0 Å². The van der Waals surface area contributed by atoms with Crippen LogP contribution in [0.4, 0.5) is 0 Å². The maximum Gasteiger partial charge on any atom is 2.00 e. The molecule has 0 amide bonds. The number of hydrogen-bond acceptors (Lipinski definition) is 8. The van der Waals surface area contributed by atoms with E-state index in [0.29, 0.717) is 0 Å². The van der Waals surface area contributed by atoms with Gasteiger partial charge in [0.2, 0.25) is 0 Å². The van der Waals surface area contributed by atoms with Crippen LogP contribution in [0.1, 0.15) is 55.1 Å². The Morgan fingerprint density at radius 3 is 1.09 bits per heavy atom.